The average molecular weight is 501 g/mol. The van der Waals surface area contributed by atoms with Crippen LogP contribution in [0.5, 0.6) is 0 Å². The molecule has 1 aromatic rings. The molecule has 0 aromatic heterocycles. The Kier molecular flexibility index (Phi) is 9.03. The minimum atomic E-state index is -1.13. The van der Waals surface area contributed by atoms with E-state index >= 15 is 0 Å². The van der Waals surface area contributed by atoms with E-state index in [2.05, 4.69) is 0 Å². The summed E-state index contributed by atoms with van der Waals surface area (Å²) in [7, 11) is 0. The number of aryl methyl sites for hydroxylation is 1. The Bertz CT molecular complexity index is 808. The van der Waals surface area contributed by atoms with Gasteiger partial charge in [-0.25, -0.2) is 0 Å². The molecule has 2 rings (SSSR count). The van der Waals surface area contributed by atoms with Crippen LogP contribution >= 0.6 is 0 Å². The monoisotopic (exact) mass is 502 g/mol. The molecule has 31 heavy (non-hydrogen) atoms. The van der Waals surface area contributed by atoms with Crippen molar-refractivity contribution in [3.8, 4) is 0 Å². The first-order valence-electron chi connectivity index (χ1n) is 9.60. The summed E-state index contributed by atoms with van der Waals surface area (Å²) in [6.45, 7) is 6.60. The Morgan fingerprint density at radius 2 is 1.32 bits per heavy atom. The Morgan fingerprint density at radius 1 is 0.806 bits per heavy atom. The number of rotatable bonds is 7. The topological polar surface area (TPSA) is 114 Å². The maximum atomic E-state index is 11.8. The van der Waals surface area contributed by atoms with E-state index in [-0.39, 0.29) is 21.6 Å². The second-order valence-electron chi connectivity index (χ2n) is 7.00. The van der Waals surface area contributed by atoms with Crippen LogP contribution in [-0.4, -0.2) is 74.9 Å². The van der Waals surface area contributed by atoms with Crippen LogP contribution in [0.15, 0.2) is 24.3 Å². The molecule has 1 aromatic carbocycles. The van der Waals surface area contributed by atoms with Crippen molar-refractivity contribution in [2.24, 2.45) is 0 Å². The van der Waals surface area contributed by atoms with E-state index in [4.69, 9.17) is 23.7 Å². The van der Waals surface area contributed by atoms with Gasteiger partial charge in [-0.3, -0.25) is 0 Å². The Morgan fingerprint density at radius 3 is 1.84 bits per heavy atom. The number of hydrogen-bond donors (Lipinski definition) is 0. The molecule has 170 valence electrons. The number of carbonyl (C=O) groups excluding carboxylic acids is 4. The van der Waals surface area contributed by atoms with E-state index < -0.39 is 53.3 Å². The predicted molar refractivity (Wildman–Crippen MR) is 109 cm³/mol. The molecule has 0 unspecified atom stereocenters. The van der Waals surface area contributed by atoms with E-state index in [9.17, 15) is 19.2 Å². The van der Waals surface area contributed by atoms with Crippen molar-refractivity contribution in [2.75, 3.05) is 6.61 Å². The zero-order chi connectivity index (χ0) is 23.1. The fraction of sp³-hybridized carbons (Fsp3) is 0.524. The molecule has 0 radical (unpaired) electrons. The van der Waals surface area contributed by atoms with Crippen LogP contribution in [0.25, 0.3) is 0 Å². The van der Waals surface area contributed by atoms with Crippen molar-refractivity contribution >= 4 is 43.3 Å². The van der Waals surface area contributed by atoms with Gasteiger partial charge in [0, 0.05) is 0 Å². The molecule has 5 atom stereocenters. The molecule has 0 spiro atoms. The molecule has 1 aliphatic heterocycles. The summed E-state index contributed by atoms with van der Waals surface area (Å²) >= 11 is -0.373. The van der Waals surface area contributed by atoms with Gasteiger partial charge in [-0.05, 0) is 0 Å². The summed E-state index contributed by atoms with van der Waals surface area (Å²) in [5.74, 6) is -2.44. The first-order chi connectivity index (χ1) is 14.6. The summed E-state index contributed by atoms with van der Waals surface area (Å²) in [6.07, 6.45) is -4.19. The van der Waals surface area contributed by atoms with Gasteiger partial charge in [0.1, 0.15) is 0 Å². The summed E-state index contributed by atoms with van der Waals surface area (Å²) < 4.78 is 28.4. The van der Waals surface area contributed by atoms with E-state index in [1.807, 2.05) is 31.2 Å². The zero-order valence-corrected chi connectivity index (χ0v) is 19.7. The second-order valence-corrected chi connectivity index (χ2v) is 9.46. The van der Waals surface area contributed by atoms with Crippen LogP contribution in [0.1, 0.15) is 33.3 Å². The summed E-state index contributed by atoms with van der Waals surface area (Å²) in [5, 5.41) is -0.684. The van der Waals surface area contributed by atoms with Gasteiger partial charge in [-0.2, -0.15) is 0 Å². The summed E-state index contributed by atoms with van der Waals surface area (Å²) in [6, 6.07) is 7.76. The van der Waals surface area contributed by atoms with E-state index in [1.165, 1.54) is 27.7 Å². The summed E-state index contributed by atoms with van der Waals surface area (Å²) in [5.41, 5.74) is 1.08. The number of carbonyl (C=O) groups is 4. The second kappa shape index (κ2) is 11.3. The van der Waals surface area contributed by atoms with Crippen molar-refractivity contribution < 1.29 is 42.9 Å². The molecule has 1 saturated heterocycles. The first-order valence-corrected chi connectivity index (χ1v) is 11.4. The molecule has 0 N–H and O–H groups in total. The molecule has 0 saturated carbocycles. The van der Waals surface area contributed by atoms with Gasteiger partial charge < -0.3 is 0 Å². The fourth-order valence-electron chi connectivity index (χ4n) is 3.03. The van der Waals surface area contributed by atoms with Crippen molar-refractivity contribution in [3.63, 3.8) is 0 Å². The van der Waals surface area contributed by atoms with E-state index in [0.29, 0.717) is 0 Å². The Hall–Kier alpha value is -2.42. The molecular formula is C21H26O9Se. The third-order valence-electron chi connectivity index (χ3n) is 4.22. The summed E-state index contributed by atoms with van der Waals surface area (Å²) in [4.78, 5) is 46.7. The predicted octanol–water partition coefficient (Wildman–Crippen LogP) is 0.408. The zero-order valence-electron chi connectivity index (χ0n) is 18.0. The molecule has 1 aliphatic rings. The van der Waals surface area contributed by atoms with Crippen molar-refractivity contribution in [1.29, 1.82) is 0 Å². The van der Waals surface area contributed by atoms with Crippen LogP contribution in [0.4, 0.5) is 0 Å². The molecule has 0 bridgehead atoms. The maximum absolute atomic E-state index is 11.8. The van der Waals surface area contributed by atoms with Crippen LogP contribution in [0.2, 0.25) is 0 Å². The van der Waals surface area contributed by atoms with Crippen LogP contribution in [0, 0.1) is 6.92 Å². The number of benzene rings is 1. The number of ether oxygens (including phenoxy) is 5. The minimum absolute atomic E-state index is 0.224. The van der Waals surface area contributed by atoms with Gasteiger partial charge in [0.25, 0.3) is 0 Å². The molecular weight excluding hydrogens is 475 g/mol. The standard InChI is InChI=1S/C21H26O9Se/c1-11-6-8-16(9-7-11)31-21-20(29-15(5)25)19(28-14(4)24)18(27-13(3)23)17(30-21)10-26-12(2)22/h6-9,17-21H,10H2,1-5H3/t17-,18-,19+,20-,21+/m1/s1. The third-order valence-corrected chi connectivity index (χ3v) is 6.65. The van der Waals surface area contributed by atoms with Crippen molar-refractivity contribution in [2.45, 2.75) is 64.0 Å². The van der Waals surface area contributed by atoms with E-state index in [0.717, 1.165) is 10.0 Å². The molecule has 10 heteroatoms. The van der Waals surface area contributed by atoms with Gasteiger partial charge in [0.15, 0.2) is 0 Å². The van der Waals surface area contributed by atoms with Gasteiger partial charge in [0.05, 0.1) is 0 Å². The van der Waals surface area contributed by atoms with Gasteiger partial charge in [-0.15, -0.1) is 0 Å². The Labute approximate surface area is 186 Å². The SMILES string of the molecule is CC(=O)OC[C@H]1O[C@@H]([Se]c2ccc(C)cc2)[C@H](OC(C)=O)[C@@H](OC(C)=O)[C@@H]1OC(C)=O. The number of hydrogen-bond acceptors (Lipinski definition) is 9. The van der Waals surface area contributed by atoms with Crippen molar-refractivity contribution in [1.82, 2.24) is 0 Å². The van der Waals surface area contributed by atoms with Gasteiger partial charge >= 0.3 is 187 Å². The third kappa shape index (κ3) is 7.65. The molecule has 0 amide bonds. The normalized spacial score (nSPS) is 25.3. The molecule has 1 fully saturated rings. The quantitative estimate of drug-likeness (QED) is 0.298. The van der Waals surface area contributed by atoms with Crippen LogP contribution in [0.3, 0.4) is 0 Å². The van der Waals surface area contributed by atoms with Crippen LogP contribution < -0.4 is 4.46 Å². The van der Waals surface area contributed by atoms with Gasteiger partial charge in [-0.1, -0.05) is 0 Å². The van der Waals surface area contributed by atoms with Crippen molar-refractivity contribution in [3.05, 3.63) is 29.8 Å². The van der Waals surface area contributed by atoms with E-state index in [1.54, 1.807) is 0 Å². The fourth-order valence-corrected chi connectivity index (χ4v) is 5.35. The average Bonchev–Trinajstić information content (AvgIpc) is 2.65. The molecule has 0 aliphatic carbocycles. The molecule has 9 nitrogen and oxygen atoms in total. The first kappa shape index (κ1) is 24.8. The molecule has 1 heterocycles. The van der Waals surface area contributed by atoms with Crippen LogP contribution in [-0.2, 0) is 42.9 Å². The number of esters is 4. The van der Waals surface area contributed by atoms with Gasteiger partial charge in [0.2, 0.25) is 0 Å². The Balaban J connectivity index is 2.43.